The normalized spacial score (nSPS) is 11.2. The van der Waals surface area contributed by atoms with Crippen molar-refractivity contribution in [3.05, 3.63) is 37.9 Å². The van der Waals surface area contributed by atoms with Crippen molar-refractivity contribution in [3.63, 3.8) is 0 Å². The SMILES string of the molecule is CC(C)(C)NC(=O)c1cc(Cl)cc([N+](=O)[O-])c1Cl. The van der Waals surface area contributed by atoms with Gasteiger partial charge in [-0.05, 0) is 26.8 Å². The summed E-state index contributed by atoms with van der Waals surface area (Å²) in [4.78, 5) is 22.0. The van der Waals surface area contributed by atoms with E-state index >= 15 is 0 Å². The molecular formula is C11H12Cl2N2O3. The topological polar surface area (TPSA) is 72.2 Å². The molecule has 98 valence electrons. The van der Waals surface area contributed by atoms with E-state index in [4.69, 9.17) is 23.2 Å². The summed E-state index contributed by atoms with van der Waals surface area (Å²) in [5, 5.41) is 13.3. The Hall–Kier alpha value is -1.33. The van der Waals surface area contributed by atoms with Crippen molar-refractivity contribution >= 4 is 34.8 Å². The van der Waals surface area contributed by atoms with Crippen LogP contribution in [0.2, 0.25) is 10.0 Å². The maximum atomic E-state index is 11.9. The summed E-state index contributed by atoms with van der Waals surface area (Å²) >= 11 is 11.6. The van der Waals surface area contributed by atoms with Gasteiger partial charge in [0, 0.05) is 16.6 Å². The second-order valence-corrected chi connectivity index (χ2v) is 5.56. The van der Waals surface area contributed by atoms with Gasteiger partial charge in [-0.15, -0.1) is 0 Å². The van der Waals surface area contributed by atoms with Crippen LogP contribution in [0.4, 0.5) is 5.69 Å². The monoisotopic (exact) mass is 290 g/mol. The molecular weight excluding hydrogens is 279 g/mol. The average Bonchev–Trinajstić information content (AvgIpc) is 2.17. The zero-order valence-electron chi connectivity index (χ0n) is 10.1. The van der Waals surface area contributed by atoms with E-state index in [-0.39, 0.29) is 21.3 Å². The predicted octanol–water partition coefficient (Wildman–Crippen LogP) is 3.43. The number of amides is 1. The summed E-state index contributed by atoms with van der Waals surface area (Å²) in [6, 6.07) is 2.41. The molecule has 7 heteroatoms. The minimum absolute atomic E-state index is 0.00853. The van der Waals surface area contributed by atoms with Crippen molar-refractivity contribution in [2.24, 2.45) is 0 Å². The Balaban J connectivity index is 3.25. The maximum Gasteiger partial charge on any atom is 0.290 e. The third-order valence-corrected chi connectivity index (χ3v) is 2.56. The summed E-state index contributed by atoms with van der Waals surface area (Å²) in [7, 11) is 0. The Morgan fingerprint density at radius 3 is 2.33 bits per heavy atom. The third-order valence-electron chi connectivity index (χ3n) is 1.95. The van der Waals surface area contributed by atoms with E-state index in [0.29, 0.717) is 0 Å². The number of carbonyl (C=O) groups is 1. The van der Waals surface area contributed by atoms with Crippen molar-refractivity contribution in [1.29, 1.82) is 0 Å². The maximum absolute atomic E-state index is 11.9. The molecule has 5 nitrogen and oxygen atoms in total. The molecule has 0 aliphatic carbocycles. The molecule has 1 aromatic rings. The zero-order chi connectivity index (χ0) is 14.1. The molecule has 0 aliphatic rings. The van der Waals surface area contributed by atoms with E-state index in [1.54, 1.807) is 20.8 Å². The highest BCUT2D eigenvalue weighted by atomic mass is 35.5. The number of nitro benzene ring substituents is 1. The Kier molecular flexibility index (Phi) is 4.19. The van der Waals surface area contributed by atoms with Gasteiger partial charge in [0.2, 0.25) is 0 Å². The lowest BCUT2D eigenvalue weighted by Crippen LogP contribution is -2.40. The number of rotatable bonds is 2. The smallest absolute Gasteiger partial charge is 0.290 e. The molecule has 0 bridgehead atoms. The molecule has 0 aliphatic heterocycles. The van der Waals surface area contributed by atoms with Gasteiger partial charge in [-0.1, -0.05) is 23.2 Å². The van der Waals surface area contributed by atoms with Crippen LogP contribution in [0.25, 0.3) is 0 Å². The van der Waals surface area contributed by atoms with Gasteiger partial charge in [0.15, 0.2) is 0 Å². The van der Waals surface area contributed by atoms with Gasteiger partial charge in [0.05, 0.1) is 10.5 Å². The van der Waals surface area contributed by atoms with Gasteiger partial charge in [0.25, 0.3) is 11.6 Å². The fourth-order valence-corrected chi connectivity index (χ4v) is 1.76. The second-order valence-electron chi connectivity index (χ2n) is 4.75. The van der Waals surface area contributed by atoms with Crippen molar-refractivity contribution < 1.29 is 9.72 Å². The summed E-state index contributed by atoms with van der Waals surface area (Å²) in [5.41, 5.74) is -0.869. The highest BCUT2D eigenvalue weighted by Crippen LogP contribution is 2.31. The van der Waals surface area contributed by atoms with E-state index in [1.807, 2.05) is 0 Å². The second kappa shape index (κ2) is 5.12. The minimum atomic E-state index is -0.678. The Morgan fingerprint density at radius 1 is 1.33 bits per heavy atom. The van der Waals surface area contributed by atoms with Crippen molar-refractivity contribution in [3.8, 4) is 0 Å². The van der Waals surface area contributed by atoms with Gasteiger partial charge in [-0.2, -0.15) is 0 Å². The molecule has 0 unspecified atom stereocenters. The summed E-state index contributed by atoms with van der Waals surface area (Å²) in [5.74, 6) is -0.502. The predicted molar refractivity (Wildman–Crippen MR) is 70.3 cm³/mol. The third kappa shape index (κ3) is 3.58. The van der Waals surface area contributed by atoms with E-state index in [2.05, 4.69) is 5.32 Å². The quantitative estimate of drug-likeness (QED) is 0.670. The van der Waals surface area contributed by atoms with Crippen molar-refractivity contribution in [2.45, 2.75) is 26.3 Å². The van der Waals surface area contributed by atoms with Gasteiger partial charge in [-0.25, -0.2) is 0 Å². The van der Waals surface area contributed by atoms with Gasteiger partial charge < -0.3 is 5.32 Å². The lowest BCUT2D eigenvalue weighted by atomic mass is 10.1. The summed E-state index contributed by atoms with van der Waals surface area (Å²) in [6.07, 6.45) is 0. The van der Waals surface area contributed by atoms with Crippen LogP contribution in [0.1, 0.15) is 31.1 Å². The van der Waals surface area contributed by atoms with Crippen LogP contribution in [0.5, 0.6) is 0 Å². The first-order chi connectivity index (χ1) is 8.11. The number of benzene rings is 1. The number of hydrogen-bond acceptors (Lipinski definition) is 3. The molecule has 1 aromatic carbocycles. The Bertz CT molecular complexity index is 510. The fraction of sp³-hybridized carbons (Fsp3) is 0.364. The van der Waals surface area contributed by atoms with Crippen LogP contribution < -0.4 is 5.32 Å². The van der Waals surface area contributed by atoms with Crippen LogP contribution in [0, 0.1) is 10.1 Å². The van der Waals surface area contributed by atoms with Crippen LogP contribution in [-0.4, -0.2) is 16.4 Å². The number of nitrogens with zero attached hydrogens (tertiary/aromatic N) is 1. The standard InChI is InChI=1S/C11H12Cl2N2O3/c1-11(2,3)14-10(16)7-4-6(12)5-8(9(7)13)15(17)18/h4-5H,1-3H3,(H,14,16). The van der Waals surface area contributed by atoms with Gasteiger partial charge >= 0.3 is 0 Å². The van der Waals surface area contributed by atoms with Gasteiger partial charge in [0.1, 0.15) is 5.02 Å². The van der Waals surface area contributed by atoms with Crippen molar-refractivity contribution in [1.82, 2.24) is 5.32 Å². The van der Waals surface area contributed by atoms with Crippen LogP contribution >= 0.6 is 23.2 Å². The van der Waals surface area contributed by atoms with E-state index in [0.717, 1.165) is 6.07 Å². The van der Waals surface area contributed by atoms with E-state index in [1.165, 1.54) is 6.07 Å². The minimum Gasteiger partial charge on any atom is -0.347 e. The lowest BCUT2D eigenvalue weighted by molar-refractivity contribution is -0.384. The fourth-order valence-electron chi connectivity index (χ4n) is 1.28. The molecule has 18 heavy (non-hydrogen) atoms. The van der Waals surface area contributed by atoms with Gasteiger partial charge in [-0.3, -0.25) is 14.9 Å². The molecule has 0 aromatic heterocycles. The molecule has 0 spiro atoms. The summed E-state index contributed by atoms with van der Waals surface area (Å²) in [6.45, 7) is 5.37. The first kappa shape index (κ1) is 14.7. The number of nitro groups is 1. The Morgan fingerprint density at radius 2 is 1.89 bits per heavy atom. The molecule has 0 saturated carbocycles. The number of carbonyl (C=O) groups excluding carboxylic acids is 1. The highest BCUT2D eigenvalue weighted by molar-refractivity contribution is 6.37. The lowest BCUT2D eigenvalue weighted by Gasteiger charge is -2.20. The Labute approximate surface area is 114 Å². The average molecular weight is 291 g/mol. The first-order valence-electron chi connectivity index (χ1n) is 5.08. The van der Waals surface area contributed by atoms with Crippen LogP contribution in [0.3, 0.4) is 0 Å². The largest absolute Gasteiger partial charge is 0.347 e. The number of nitrogens with one attached hydrogen (secondary N) is 1. The highest BCUT2D eigenvalue weighted by Gasteiger charge is 2.24. The van der Waals surface area contributed by atoms with E-state index < -0.39 is 16.4 Å². The number of hydrogen-bond donors (Lipinski definition) is 1. The van der Waals surface area contributed by atoms with E-state index in [9.17, 15) is 14.9 Å². The molecule has 1 N–H and O–H groups in total. The van der Waals surface area contributed by atoms with Crippen molar-refractivity contribution in [2.75, 3.05) is 0 Å². The molecule has 0 atom stereocenters. The summed E-state index contributed by atoms with van der Waals surface area (Å²) < 4.78 is 0. The molecule has 1 amide bonds. The number of halogens is 2. The van der Waals surface area contributed by atoms with Crippen LogP contribution in [0.15, 0.2) is 12.1 Å². The molecule has 0 radical (unpaired) electrons. The zero-order valence-corrected chi connectivity index (χ0v) is 11.6. The van der Waals surface area contributed by atoms with Crippen LogP contribution in [-0.2, 0) is 0 Å². The molecule has 1 rings (SSSR count). The molecule has 0 saturated heterocycles. The molecule has 0 fully saturated rings. The molecule has 0 heterocycles. The first-order valence-corrected chi connectivity index (χ1v) is 5.83.